The second-order valence-corrected chi connectivity index (χ2v) is 13.2. The van der Waals surface area contributed by atoms with Crippen LogP contribution in [0, 0.1) is 23.7 Å². The average molecular weight is 725 g/mol. The Bertz CT molecular complexity index is 1550. The van der Waals surface area contributed by atoms with Gasteiger partial charge in [0.25, 0.3) is 0 Å². The van der Waals surface area contributed by atoms with Crippen LogP contribution in [0.5, 0.6) is 46.0 Å². The van der Waals surface area contributed by atoms with Crippen molar-refractivity contribution in [2.24, 2.45) is 23.7 Å². The fraction of sp³-hybridized carbons (Fsp3) is 0.400. The van der Waals surface area contributed by atoms with Gasteiger partial charge in [0.05, 0.1) is 0 Å². The summed E-state index contributed by atoms with van der Waals surface area (Å²) in [6.45, 7) is -0.0332. The molecule has 4 aromatic carbocycles. The lowest BCUT2D eigenvalue weighted by Crippen LogP contribution is -2.23. The van der Waals surface area contributed by atoms with Crippen LogP contribution in [-0.2, 0) is 25.7 Å². The lowest BCUT2D eigenvalue weighted by molar-refractivity contribution is 0.158. The van der Waals surface area contributed by atoms with Crippen LogP contribution < -0.4 is 0 Å². The van der Waals surface area contributed by atoms with E-state index in [4.69, 9.17) is 0 Å². The third kappa shape index (κ3) is 12.7. The second kappa shape index (κ2) is 20.8. The summed E-state index contributed by atoms with van der Waals surface area (Å²) in [6.07, 6.45) is 4.71. The minimum atomic E-state index is -0.199. The average Bonchev–Trinajstić information content (AvgIpc) is 3.12. The smallest absolute Gasteiger partial charge is 0.157 e. The van der Waals surface area contributed by atoms with Gasteiger partial charge in [-0.05, 0) is 146 Å². The Morgan fingerprint density at radius 2 is 0.577 bits per heavy atom. The summed E-state index contributed by atoms with van der Waals surface area (Å²) >= 11 is 0. The number of aromatic hydroxyl groups is 8. The van der Waals surface area contributed by atoms with E-state index in [-0.39, 0.29) is 96.1 Å². The number of aliphatic hydroxyl groups excluding tert-OH is 4. The minimum absolute atomic E-state index is 0.0343. The fourth-order valence-corrected chi connectivity index (χ4v) is 6.47. The predicted molar refractivity (Wildman–Crippen MR) is 195 cm³/mol. The highest BCUT2D eigenvalue weighted by atomic mass is 16.3. The molecule has 0 saturated heterocycles. The van der Waals surface area contributed by atoms with Crippen molar-refractivity contribution in [1.29, 1.82) is 0 Å². The molecule has 0 aliphatic heterocycles. The van der Waals surface area contributed by atoms with Crippen LogP contribution in [0.4, 0.5) is 0 Å². The van der Waals surface area contributed by atoms with E-state index in [1.165, 1.54) is 48.5 Å². The van der Waals surface area contributed by atoms with E-state index >= 15 is 0 Å². The molecule has 12 N–H and O–H groups in total. The number of phenolic OH excluding ortho intramolecular Hbond substituents is 8. The van der Waals surface area contributed by atoms with E-state index in [2.05, 4.69) is 0 Å². The normalized spacial score (nSPS) is 13.5. The first-order valence-electron chi connectivity index (χ1n) is 17.4. The molecule has 0 bridgehead atoms. The van der Waals surface area contributed by atoms with Crippen molar-refractivity contribution >= 4 is 0 Å². The van der Waals surface area contributed by atoms with E-state index in [0.717, 1.165) is 22.3 Å². The summed E-state index contributed by atoms with van der Waals surface area (Å²) in [6, 6.07) is 18.5. The number of hydrogen-bond donors (Lipinski definition) is 12. The molecular weight excluding hydrogens is 672 g/mol. The van der Waals surface area contributed by atoms with E-state index in [1.807, 2.05) is 0 Å². The number of rotatable bonds is 18. The molecule has 0 spiro atoms. The van der Waals surface area contributed by atoms with Gasteiger partial charge in [-0.3, -0.25) is 0 Å². The van der Waals surface area contributed by atoms with Crippen LogP contribution in [0.3, 0.4) is 0 Å². The molecular formula is C40H52O12. The van der Waals surface area contributed by atoms with Crippen LogP contribution in [0.1, 0.15) is 47.9 Å². The Balaban J connectivity index is 0.000000280. The number of phenols is 8. The Morgan fingerprint density at radius 3 is 0.788 bits per heavy atom. The highest BCUT2D eigenvalue weighted by Gasteiger charge is 2.24. The maximum absolute atomic E-state index is 9.89. The van der Waals surface area contributed by atoms with E-state index in [0.29, 0.717) is 51.4 Å². The van der Waals surface area contributed by atoms with E-state index in [9.17, 15) is 61.3 Å². The van der Waals surface area contributed by atoms with Crippen molar-refractivity contribution < 1.29 is 61.3 Å². The second-order valence-electron chi connectivity index (χ2n) is 13.2. The van der Waals surface area contributed by atoms with Gasteiger partial charge < -0.3 is 61.3 Å². The summed E-state index contributed by atoms with van der Waals surface area (Å²) in [7, 11) is 0. The zero-order valence-electron chi connectivity index (χ0n) is 29.1. The molecule has 4 atom stereocenters. The number of aliphatic hydroxyl groups is 4. The molecule has 4 rings (SSSR count). The van der Waals surface area contributed by atoms with Gasteiger partial charge in [-0.25, -0.2) is 0 Å². The standard InChI is InChI=1S/2C20H26O6/c2*21-7-1-2-15(8-13-3-5-17(23)19(25)10-13)16(12-22)9-14-4-6-18(24)20(26)11-14/h2*3-6,10-11,15-16,21-26H,1-2,7-9,12H2/t2*15-,16+/m10/s1. The highest BCUT2D eigenvalue weighted by molar-refractivity contribution is 5.43. The quantitative estimate of drug-likeness (QED) is 0.0631. The molecule has 0 aliphatic rings. The minimum Gasteiger partial charge on any atom is -0.504 e. The summed E-state index contributed by atoms with van der Waals surface area (Å²) in [5.74, 6) is -1.69. The van der Waals surface area contributed by atoms with E-state index < -0.39 is 0 Å². The summed E-state index contributed by atoms with van der Waals surface area (Å²) in [4.78, 5) is 0. The molecule has 0 amide bonds. The van der Waals surface area contributed by atoms with E-state index in [1.54, 1.807) is 24.3 Å². The van der Waals surface area contributed by atoms with Crippen LogP contribution in [0.2, 0.25) is 0 Å². The first kappa shape index (κ1) is 41.5. The van der Waals surface area contributed by atoms with Crippen LogP contribution in [0.15, 0.2) is 72.8 Å². The molecule has 0 aliphatic carbocycles. The zero-order valence-corrected chi connectivity index (χ0v) is 29.1. The van der Waals surface area contributed by atoms with Gasteiger partial charge in [-0.1, -0.05) is 24.3 Å². The molecule has 4 aromatic rings. The molecule has 12 nitrogen and oxygen atoms in total. The van der Waals surface area contributed by atoms with Gasteiger partial charge in [-0.2, -0.15) is 0 Å². The largest absolute Gasteiger partial charge is 0.504 e. The van der Waals surface area contributed by atoms with Crippen LogP contribution >= 0.6 is 0 Å². The van der Waals surface area contributed by atoms with Crippen molar-refractivity contribution in [3.63, 3.8) is 0 Å². The molecule has 0 saturated carbocycles. The lowest BCUT2D eigenvalue weighted by Gasteiger charge is -2.26. The Hall–Kier alpha value is -4.88. The van der Waals surface area contributed by atoms with Gasteiger partial charge in [-0.15, -0.1) is 0 Å². The SMILES string of the molecule is OCCC[C@@H](Cc1ccc(O)c(O)c1)[C@@H](CO)Cc1ccc(O)c(O)c1.OCCC[C@H](Cc1ccc(O)c(O)c1)[C@H](CO)Cc1ccc(O)c(O)c1. The van der Waals surface area contributed by atoms with Gasteiger partial charge >= 0.3 is 0 Å². The number of benzene rings is 4. The van der Waals surface area contributed by atoms with Crippen LogP contribution in [0.25, 0.3) is 0 Å². The first-order chi connectivity index (χ1) is 24.9. The van der Waals surface area contributed by atoms with Crippen molar-refractivity contribution in [3.05, 3.63) is 95.1 Å². The van der Waals surface area contributed by atoms with Gasteiger partial charge in [0.1, 0.15) is 0 Å². The summed E-state index contributed by atoms with van der Waals surface area (Å²) in [5, 5.41) is 115. The predicted octanol–water partition coefficient (Wildman–Crippen LogP) is 4.58. The Morgan fingerprint density at radius 1 is 0.327 bits per heavy atom. The molecule has 12 heteroatoms. The molecule has 0 aromatic heterocycles. The highest BCUT2D eigenvalue weighted by Crippen LogP contribution is 2.34. The van der Waals surface area contributed by atoms with Crippen molar-refractivity contribution in [1.82, 2.24) is 0 Å². The fourth-order valence-electron chi connectivity index (χ4n) is 6.47. The van der Waals surface area contributed by atoms with Crippen molar-refractivity contribution in [2.75, 3.05) is 26.4 Å². The molecule has 0 radical (unpaired) electrons. The topological polar surface area (TPSA) is 243 Å². The molecule has 52 heavy (non-hydrogen) atoms. The maximum atomic E-state index is 9.89. The van der Waals surface area contributed by atoms with Gasteiger partial charge in [0.15, 0.2) is 46.0 Å². The third-order valence-corrected chi connectivity index (χ3v) is 9.42. The van der Waals surface area contributed by atoms with Crippen molar-refractivity contribution in [3.8, 4) is 46.0 Å². The Kier molecular flexibility index (Phi) is 16.6. The third-order valence-electron chi connectivity index (χ3n) is 9.42. The number of hydrogen-bond acceptors (Lipinski definition) is 12. The lowest BCUT2D eigenvalue weighted by atomic mass is 9.80. The van der Waals surface area contributed by atoms with Crippen molar-refractivity contribution in [2.45, 2.75) is 51.4 Å². The molecule has 0 heterocycles. The first-order valence-corrected chi connectivity index (χ1v) is 17.4. The molecule has 0 unspecified atom stereocenters. The zero-order chi connectivity index (χ0) is 38.2. The maximum Gasteiger partial charge on any atom is 0.157 e. The summed E-state index contributed by atoms with van der Waals surface area (Å²) in [5.41, 5.74) is 3.24. The monoisotopic (exact) mass is 724 g/mol. The summed E-state index contributed by atoms with van der Waals surface area (Å²) < 4.78 is 0. The van der Waals surface area contributed by atoms with Gasteiger partial charge in [0, 0.05) is 26.4 Å². The molecule has 0 fully saturated rings. The molecule has 284 valence electrons. The van der Waals surface area contributed by atoms with Crippen LogP contribution in [-0.4, -0.2) is 87.7 Å². The van der Waals surface area contributed by atoms with Gasteiger partial charge in [0.2, 0.25) is 0 Å². The Labute approximate surface area is 303 Å².